The maximum absolute atomic E-state index is 12.2. The van der Waals surface area contributed by atoms with Gasteiger partial charge in [-0.2, -0.15) is 0 Å². The summed E-state index contributed by atoms with van der Waals surface area (Å²) in [6.07, 6.45) is 3.30. The molecular weight excluding hydrogens is 372 g/mol. The highest BCUT2D eigenvalue weighted by atomic mass is 32.1. The zero-order chi connectivity index (χ0) is 19.3. The molecule has 4 rings (SSSR count). The number of carbonyl (C=O) groups is 2. The van der Waals surface area contributed by atoms with E-state index in [0.29, 0.717) is 11.4 Å². The van der Waals surface area contributed by atoms with Gasteiger partial charge in [-0.3, -0.25) is 30.2 Å². The van der Waals surface area contributed by atoms with E-state index in [2.05, 4.69) is 44.9 Å². The first kappa shape index (κ1) is 19.1. The van der Waals surface area contributed by atoms with E-state index in [-0.39, 0.29) is 11.8 Å². The van der Waals surface area contributed by atoms with Crippen LogP contribution >= 0.6 is 11.3 Å². The van der Waals surface area contributed by atoms with Gasteiger partial charge in [0.1, 0.15) is 0 Å². The van der Waals surface area contributed by atoms with E-state index in [1.165, 1.54) is 33.8 Å². The first-order valence-corrected chi connectivity index (χ1v) is 10.7. The van der Waals surface area contributed by atoms with Crippen molar-refractivity contribution < 1.29 is 9.59 Å². The maximum Gasteiger partial charge on any atom is 0.279 e. The summed E-state index contributed by atoms with van der Waals surface area (Å²) in [4.78, 5) is 30.9. The van der Waals surface area contributed by atoms with Gasteiger partial charge in [0, 0.05) is 37.6 Å². The Kier molecular flexibility index (Phi) is 6.04. The average Bonchev–Trinajstić information content (AvgIpc) is 3.31. The van der Waals surface area contributed by atoms with Crippen molar-refractivity contribution in [2.45, 2.75) is 25.8 Å². The third-order valence-electron chi connectivity index (χ3n) is 5.37. The van der Waals surface area contributed by atoms with Gasteiger partial charge in [0.25, 0.3) is 11.8 Å². The molecular formula is C21H26N4O2S. The highest BCUT2D eigenvalue weighted by Crippen LogP contribution is 2.30. The molecule has 2 aliphatic rings. The molecule has 0 spiro atoms. The molecule has 2 N–H and O–H groups in total. The largest absolute Gasteiger partial charge is 0.297 e. The van der Waals surface area contributed by atoms with E-state index >= 15 is 0 Å². The molecule has 0 radical (unpaired) electrons. The number of rotatable bonds is 5. The molecule has 0 atom stereocenters. The van der Waals surface area contributed by atoms with Crippen LogP contribution < -0.4 is 10.9 Å². The summed E-state index contributed by atoms with van der Waals surface area (Å²) in [5, 5.41) is 0. The number of nitrogens with one attached hydrogen (secondary N) is 2. The summed E-state index contributed by atoms with van der Waals surface area (Å²) < 4.78 is 0. The van der Waals surface area contributed by atoms with Crippen molar-refractivity contribution in [2.75, 3.05) is 32.7 Å². The van der Waals surface area contributed by atoms with Crippen LogP contribution in [0.15, 0.2) is 36.4 Å². The lowest BCUT2D eigenvalue weighted by atomic mass is 10.2. The number of hydrazine groups is 1. The van der Waals surface area contributed by atoms with Crippen molar-refractivity contribution in [3.63, 3.8) is 0 Å². The Bertz CT molecular complexity index is 807. The predicted octanol–water partition coefficient (Wildman–Crippen LogP) is 1.82. The first-order valence-electron chi connectivity index (χ1n) is 9.87. The van der Waals surface area contributed by atoms with Gasteiger partial charge in [-0.15, -0.1) is 11.3 Å². The Morgan fingerprint density at radius 3 is 2.46 bits per heavy atom. The van der Waals surface area contributed by atoms with Crippen LogP contribution in [-0.2, 0) is 24.2 Å². The molecule has 1 fully saturated rings. The lowest BCUT2D eigenvalue weighted by Crippen LogP contribution is -2.51. The quantitative estimate of drug-likeness (QED) is 0.754. The summed E-state index contributed by atoms with van der Waals surface area (Å²) in [6, 6.07) is 12.4. The molecule has 1 aliphatic carbocycles. The molecule has 6 nitrogen and oxygen atoms in total. The number of piperazine rings is 1. The Labute approximate surface area is 169 Å². The molecule has 0 bridgehead atoms. The fourth-order valence-corrected chi connectivity index (χ4v) is 4.97. The van der Waals surface area contributed by atoms with E-state index < -0.39 is 0 Å². The minimum Gasteiger partial charge on any atom is -0.297 e. The molecule has 7 heteroatoms. The molecule has 2 amide bonds. The number of carbonyl (C=O) groups excluding carboxylic acids is 2. The summed E-state index contributed by atoms with van der Waals surface area (Å²) in [7, 11) is 0. The molecule has 2 aromatic rings. The van der Waals surface area contributed by atoms with Gasteiger partial charge in [-0.05, 0) is 36.5 Å². The van der Waals surface area contributed by atoms with Crippen molar-refractivity contribution in [3.8, 4) is 0 Å². The standard InChI is InChI=1S/C21H26N4O2S/c26-20(22-23-21(27)19-13-17-7-4-8-18(17)28-19)15-25-11-9-24(10-12-25)14-16-5-2-1-3-6-16/h1-3,5-6,13H,4,7-12,14-15H2,(H,22,26)(H,23,27). The monoisotopic (exact) mass is 398 g/mol. The molecule has 0 unspecified atom stereocenters. The van der Waals surface area contributed by atoms with Crippen molar-refractivity contribution >= 4 is 23.2 Å². The third kappa shape index (κ3) is 4.79. The number of hydrogen-bond donors (Lipinski definition) is 2. The van der Waals surface area contributed by atoms with Crippen LogP contribution in [-0.4, -0.2) is 54.3 Å². The van der Waals surface area contributed by atoms with Crippen molar-refractivity contribution in [3.05, 3.63) is 57.3 Å². The summed E-state index contributed by atoms with van der Waals surface area (Å²) in [5.41, 5.74) is 7.71. The molecule has 1 aromatic heterocycles. The third-order valence-corrected chi connectivity index (χ3v) is 6.60. The van der Waals surface area contributed by atoms with E-state index in [1.807, 2.05) is 12.1 Å². The number of aryl methyl sites for hydroxylation is 2. The highest BCUT2D eigenvalue weighted by Gasteiger charge is 2.21. The first-order chi connectivity index (χ1) is 13.7. The number of nitrogens with zero attached hydrogens (tertiary/aromatic N) is 2. The second kappa shape index (κ2) is 8.86. The van der Waals surface area contributed by atoms with E-state index in [0.717, 1.165) is 45.6 Å². The Balaban J connectivity index is 1.17. The minimum atomic E-state index is -0.222. The van der Waals surface area contributed by atoms with Gasteiger partial charge >= 0.3 is 0 Å². The fraction of sp³-hybridized carbons (Fsp3) is 0.429. The molecule has 1 aliphatic heterocycles. The van der Waals surface area contributed by atoms with E-state index in [9.17, 15) is 9.59 Å². The Morgan fingerprint density at radius 2 is 1.71 bits per heavy atom. The Morgan fingerprint density at radius 1 is 0.964 bits per heavy atom. The van der Waals surface area contributed by atoms with Gasteiger partial charge < -0.3 is 0 Å². The Hall–Kier alpha value is -2.22. The van der Waals surface area contributed by atoms with Crippen LogP contribution in [0.3, 0.4) is 0 Å². The van der Waals surface area contributed by atoms with Crippen molar-refractivity contribution in [1.82, 2.24) is 20.7 Å². The van der Waals surface area contributed by atoms with Crippen LogP contribution in [0.5, 0.6) is 0 Å². The van der Waals surface area contributed by atoms with Crippen molar-refractivity contribution in [2.24, 2.45) is 0 Å². The fourth-order valence-electron chi connectivity index (χ4n) is 3.82. The van der Waals surface area contributed by atoms with Gasteiger partial charge in [0.05, 0.1) is 11.4 Å². The van der Waals surface area contributed by atoms with Gasteiger partial charge in [-0.1, -0.05) is 30.3 Å². The second-order valence-corrected chi connectivity index (χ2v) is 8.59. The zero-order valence-electron chi connectivity index (χ0n) is 15.9. The molecule has 148 valence electrons. The average molecular weight is 399 g/mol. The SMILES string of the molecule is O=C(CN1CCN(Cc2ccccc2)CC1)NNC(=O)c1cc2c(s1)CCC2. The zero-order valence-corrected chi connectivity index (χ0v) is 16.8. The minimum absolute atomic E-state index is 0.172. The van der Waals surface area contributed by atoms with Gasteiger partial charge in [-0.25, -0.2) is 0 Å². The molecule has 28 heavy (non-hydrogen) atoms. The van der Waals surface area contributed by atoms with Crippen LogP contribution in [0.4, 0.5) is 0 Å². The number of benzene rings is 1. The van der Waals surface area contributed by atoms with Crippen LogP contribution in [0.2, 0.25) is 0 Å². The van der Waals surface area contributed by atoms with Gasteiger partial charge in [0.2, 0.25) is 0 Å². The van der Waals surface area contributed by atoms with Crippen LogP contribution in [0.25, 0.3) is 0 Å². The topological polar surface area (TPSA) is 64.7 Å². The van der Waals surface area contributed by atoms with E-state index in [1.54, 1.807) is 0 Å². The smallest absolute Gasteiger partial charge is 0.279 e. The summed E-state index contributed by atoms with van der Waals surface area (Å²) >= 11 is 1.54. The molecule has 0 saturated carbocycles. The van der Waals surface area contributed by atoms with Crippen molar-refractivity contribution in [1.29, 1.82) is 0 Å². The number of thiophene rings is 1. The number of hydrogen-bond acceptors (Lipinski definition) is 5. The lowest BCUT2D eigenvalue weighted by Gasteiger charge is -2.34. The lowest BCUT2D eigenvalue weighted by molar-refractivity contribution is -0.123. The van der Waals surface area contributed by atoms with Crippen LogP contribution in [0, 0.1) is 0 Å². The highest BCUT2D eigenvalue weighted by molar-refractivity contribution is 7.14. The van der Waals surface area contributed by atoms with Crippen LogP contribution in [0.1, 0.15) is 32.1 Å². The van der Waals surface area contributed by atoms with Gasteiger partial charge in [0.15, 0.2) is 0 Å². The summed E-state index contributed by atoms with van der Waals surface area (Å²) in [6.45, 7) is 4.84. The normalized spacial score (nSPS) is 17.3. The molecule has 1 aromatic carbocycles. The molecule has 1 saturated heterocycles. The number of amides is 2. The molecule has 2 heterocycles. The van der Waals surface area contributed by atoms with E-state index in [4.69, 9.17) is 0 Å². The maximum atomic E-state index is 12.2. The number of fused-ring (bicyclic) bond motifs is 1. The predicted molar refractivity (Wildman–Crippen MR) is 110 cm³/mol. The summed E-state index contributed by atoms with van der Waals surface area (Å²) in [5.74, 6) is -0.394. The second-order valence-electron chi connectivity index (χ2n) is 7.45.